The van der Waals surface area contributed by atoms with Gasteiger partial charge in [-0.2, -0.15) is 5.10 Å². The highest BCUT2D eigenvalue weighted by Gasteiger charge is 2.05. The van der Waals surface area contributed by atoms with Crippen molar-refractivity contribution in [1.82, 2.24) is 9.78 Å². The topological polar surface area (TPSA) is 43.8 Å². The Morgan fingerprint density at radius 2 is 2.23 bits per heavy atom. The van der Waals surface area contributed by atoms with Gasteiger partial charge < -0.3 is 5.73 Å². The van der Waals surface area contributed by atoms with E-state index in [-0.39, 0.29) is 0 Å². The zero-order valence-corrected chi connectivity index (χ0v) is 8.43. The lowest BCUT2D eigenvalue weighted by molar-refractivity contribution is 0.782. The van der Waals surface area contributed by atoms with E-state index in [1.165, 1.54) is 4.88 Å². The summed E-state index contributed by atoms with van der Waals surface area (Å²) in [6.07, 6.45) is 0. The summed E-state index contributed by atoms with van der Waals surface area (Å²) in [5.41, 5.74) is 7.79. The summed E-state index contributed by atoms with van der Waals surface area (Å²) in [5.74, 6) is 0.693. The summed E-state index contributed by atoms with van der Waals surface area (Å²) < 4.78 is 1.68. The number of nitrogens with two attached hydrogens (primary N) is 1. The van der Waals surface area contributed by atoms with Crippen molar-refractivity contribution in [3.05, 3.63) is 22.4 Å². The van der Waals surface area contributed by atoms with Crippen molar-refractivity contribution >= 4 is 17.2 Å². The highest BCUT2D eigenvalue weighted by molar-refractivity contribution is 7.10. The van der Waals surface area contributed by atoms with Gasteiger partial charge in [0.25, 0.3) is 0 Å². The van der Waals surface area contributed by atoms with Crippen LogP contribution in [0.3, 0.4) is 0 Å². The van der Waals surface area contributed by atoms with Gasteiger partial charge >= 0.3 is 0 Å². The summed E-state index contributed by atoms with van der Waals surface area (Å²) in [4.78, 5) is 1.29. The molecule has 0 saturated carbocycles. The molecule has 0 bridgehead atoms. The second-order valence-corrected chi connectivity index (χ2v) is 4.14. The Bertz CT molecular complexity index is 408. The van der Waals surface area contributed by atoms with Gasteiger partial charge in [-0.25, -0.2) is 0 Å². The molecule has 0 aliphatic heterocycles. The van der Waals surface area contributed by atoms with Gasteiger partial charge in [0.15, 0.2) is 0 Å². The number of hydrogen-bond acceptors (Lipinski definition) is 3. The van der Waals surface area contributed by atoms with E-state index in [0.29, 0.717) is 5.82 Å². The molecule has 68 valence electrons. The van der Waals surface area contributed by atoms with E-state index in [1.807, 2.05) is 13.1 Å². The number of aryl methyl sites for hydroxylation is 2. The molecule has 2 heterocycles. The summed E-state index contributed by atoms with van der Waals surface area (Å²) in [6, 6.07) is 4.01. The van der Waals surface area contributed by atoms with Crippen LogP contribution in [-0.4, -0.2) is 9.78 Å². The minimum atomic E-state index is 0.693. The van der Waals surface area contributed by atoms with Crippen LogP contribution < -0.4 is 5.73 Å². The first-order valence-corrected chi connectivity index (χ1v) is 4.90. The van der Waals surface area contributed by atoms with Gasteiger partial charge in [-0.15, -0.1) is 11.3 Å². The van der Waals surface area contributed by atoms with Gasteiger partial charge in [-0.05, 0) is 13.0 Å². The molecule has 0 saturated heterocycles. The van der Waals surface area contributed by atoms with Crippen LogP contribution in [0.4, 0.5) is 5.82 Å². The Balaban J connectivity index is 2.46. The maximum atomic E-state index is 5.69. The highest BCUT2D eigenvalue weighted by atomic mass is 32.1. The van der Waals surface area contributed by atoms with Gasteiger partial charge in [0.1, 0.15) is 5.82 Å². The second kappa shape index (κ2) is 2.88. The first kappa shape index (κ1) is 8.31. The van der Waals surface area contributed by atoms with E-state index < -0.39 is 0 Å². The maximum Gasteiger partial charge on any atom is 0.121 e. The standard InChI is InChI=1S/C9H11N3S/c1-6-3-7(5-13-6)8-4-9(10)12(2)11-8/h3-5H,10H2,1-2H3. The Morgan fingerprint density at radius 3 is 2.69 bits per heavy atom. The Kier molecular flexibility index (Phi) is 1.84. The number of thiophene rings is 1. The average molecular weight is 193 g/mol. The van der Waals surface area contributed by atoms with Gasteiger partial charge in [0, 0.05) is 28.9 Å². The third-order valence-corrected chi connectivity index (χ3v) is 2.80. The quantitative estimate of drug-likeness (QED) is 0.753. The van der Waals surface area contributed by atoms with Crippen LogP contribution in [-0.2, 0) is 7.05 Å². The molecule has 0 fully saturated rings. The van der Waals surface area contributed by atoms with Crippen LogP contribution in [0.25, 0.3) is 11.3 Å². The van der Waals surface area contributed by atoms with E-state index in [0.717, 1.165) is 11.3 Å². The molecule has 0 unspecified atom stereocenters. The molecular weight excluding hydrogens is 182 g/mol. The number of hydrogen-bond donors (Lipinski definition) is 1. The Labute approximate surface area is 80.8 Å². The Morgan fingerprint density at radius 1 is 1.46 bits per heavy atom. The van der Waals surface area contributed by atoms with Gasteiger partial charge in [0.2, 0.25) is 0 Å². The van der Waals surface area contributed by atoms with Crippen LogP contribution >= 0.6 is 11.3 Å². The summed E-state index contributed by atoms with van der Waals surface area (Å²) >= 11 is 1.72. The van der Waals surface area contributed by atoms with E-state index >= 15 is 0 Å². The Hall–Kier alpha value is -1.29. The molecule has 13 heavy (non-hydrogen) atoms. The van der Waals surface area contributed by atoms with Crippen molar-refractivity contribution in [2.75, 3.05) is 5.73 Å². The fourth-order valence-electron chi connectivity index (χ4n) is 1.20. The molecule has 4 heteroatoms. The van der Waals surface area contributed by atoms with Crippen molar-refractivity contribution < 1.29 is 0 Å². The van der Waals surface area contributed by atoms with E-state index in [4.69, 9.17) is 5.73 Å². The molecule has 0 atom stereocenters. The predicted molar refractivity (Wildman–Crippen MR) is 55.7 cm³/mol. The van der Waals surface area contributed by atoms with Crippen LogP contribution in [0.1, 0.15) is 4.88 Å². The molecule has 0 spiro atoms. The fraction of sp³-hybridized carbons (Fsp3) is 0.222. The second-order valence-electron chi connectivity index (χ2n) is 3.02. The van der Waals surface area contributed by atoms with Crippen molar-refractivity contribution in [1.29, 1.82) is 0 Å². The summed E-state index contributed by atoms with van der Waals surface area (Å²) in [5, 5.41) is 6.39. The van der Waals surface area contributed by atoms with Crippen molar-refractivity contribution in [3.63, 3.8) is 0 Å². The third-order valence-electron chi connectivity index (χ3n) is 1.94. The molecule has 0 radical (unpaired) electrons. The number of anilines is 1. The normalized spacial score (nSPS) is 10.6. The van der Waals surface area contributed by atoms with Crippen molar-refractivity contribution in [3.8, 4) is 11.3 Å². The number of aromatic nitrogens is 2. The van der Waals surface area contributed by atoms with Crippen LogP contribution in [0, 0.1) is 6.92 Å². The first-order chi connectivity index (χ1) is 6.16. The van der Waals surface area contributed by atoms with Crippen molar-refractivity contribution in [2.24, 2.45) is 7.05 Å². The van der Waals surface area contributed by atoms with Gasteiger partial charge in [-0.3, -0.25) is 4.68 Å². The molecule has 2 aromatic heterocycles. The molecule has 0 aromatic carbocycles. The lowest BCUT2D eigenvalue weighted by Crippen LogP contribution is -1.96. The minimum Gasteiger partial charge on any atom is -0.384 e. The molecule has 2 N–H and O–H groups in total. The molecule has 0 aliphatic carbocycles. The van der Waals surface area contributed by atoms with E-state index in [9.17, 15) is 0 Å². The zero-order valence-electron chi connectivity index (χ0n) is 7.61. The van der Waals surface area contributed by atoms with Crippen LogP contribution in [0.15, 0.2) is 17.5 Å². The zero-order chi connectivity index (χ0) is 9.42. The molecule has 3 nitrogen and oxygen atoms in total. The van der Waals surface area contributed by atoms with Crippen LogP contribution in [0.2, 0.25) is 0 Å². The first-order valence-electron chi connectivity index (χ1n) is 4.02. The molecule has 2 rings (SSSR count). The van der Waals surface area contributed by atoms with E-state index in [1.54, 1.807) is 16.0 Å². The summed E-state index contributed by atoms with van der Waals surface area (Å²) in [6.45, 7) is 2.08. The SMILES string of the molecule is Cc1cc(-c2cc(N)n(C)n2)cs1. The highest BCUT2D eigenvalue weighted by Crippen LogP contribution is 2.24. The smallest absolute Gasteiger partial charge is 0.121 e. The number of nitrogen functional groups attached to an aromatic ring is 1. The summed E-state index contributed by atoms with van der Waals surface area (Å²) in [7, 11) is 1.85. The molecular formula is C9H11N3S. The molecule has 0 aliphatic rings. The molecule has 2 aromatic rings. The monoisotopic (exact) mass is 193 g/mol. The maximum absolute atomic E-state index is 5.69. The predicted octanol–water partition coefficient (Wildman–Crippen LogP) is 2.04. The van der Waals surface area contributed by atoms with Gasteiger partial charge in [0.05, 0.1) is 5.69 Å². The van der Waals surface area contributed by atoms with Crippen molar-refractivity contribution in [2.45, 2.75) is 6.92 Å². The number of nitrogens with zero attached hydrogens (tertiary/aromatic N) is 2. The number of rotatable bonds is 1. The largest absolute Gasteiger partial charge is 0.384 e. The fourth-order valence-corrected chi connectivity index (χ4v) is 1.90. The lowest BCUT2D eigenvalue weighted by atomic mass is 10.2. The average Bonchev–Trinajstić information content (AvgIpc) is 2.61. The van der Waals surface area contributed by atoms with Crippen LogP contribution in [0.5, 0.6) is 0 Å². The van der Waals surface area contributed by atoms with Gasteiger partial charge in [-0.1, -0.05) is 0 Å². The van der Waals surface area contributed by atoms with E-state index in [2.05, 4.69) is 23.5 Å². The molecule has 0 amide bonds. The lowest BCUT2D eigenvalue weighted by Gasteiger charge is -1.89. The minimum absolute atomic E-state index is 0.693. The third kappa shape index (κ3) is 1.45.